The van der Waals surface area contributed by atoms with Crippen molar-refractivity contribution in [3.8, 4) is 11.5 Å². The number of methoxy groups -OCH3 is 2. The number of carbonyl (C=O) groups excluding carboxylic acids is 1. The standard InChI is InChI=1S/C19H25NO4/c1-4-24-18(21)10-13-9-14-7-5-6-8-20(14)16-11-15(22-2)12-17(23-3)19(13)16/h9,11-12,14H,4-8,10H2,1-3H3. The number of hydrogen-bond donors (Lipinski definition) is 0. The fourth-order valence-electron chi connectivity index (χ4n) is 3.66. The van der Waals surface area contributed by atoms with Crippen LogP contribution in [0.3, 0.4) is 0 Å². The molecule has 2 aliphatic heterocycles. The van der Waals surface area contributed by atoms with Crippen LogP contribution in [0.2, 0.25) is 0 Å². The maximum absolute atomic E-state index is 12.1. The molecule has 1 unspecified atom stereocenters. The van der Waals surface area contributed by atoms with Crippen LogP contribution in [-0.4, -0.2) is 39.4 Å². The van der Waals surface area contributed by atoms with Crippen LogP contribution in [0.1, 0.15) is 38.2 Å². The average molecular weight is 331 g/mol. The van der Waals surface area contributed by atoms with Gasteiger partial charge in [0.2, 0.25) is 0 Å². The van der Waals surface area contributed by atoms with Gasteiger partial charge in [0, 0.05) is 30.3 Å². The lowest BCUT2D eigenvalue weighted by Crippen LogP contribution is -2.41. The van der Waals surface area contributed by atoms with Gasteiger partial charge in [0.15, 0.2) is 0 Å². The fourth-order valence-corrected chi connectivity index (χ4v) is 3.66. The maximum Gasteiger partial charge on any atom is 0.310 e. The van der Waals surface area contributed by atoms with E-state index >= 15 is 0 Å². The smallest absolute Gasteiger partial charge is 0.310 e. The normalized spacial score (nSPS) is 19.0. The summed E-state index contributed by atoms with van der Waals surface area (Å²) in [4.78, 5) is 14.5. The number of fused-ring (bicyclic) bond motifs is 3. The molecule has 1 aromatic carbocycles. The molecule has 5 heteroatoms. The first-order valence-corrected chi connectivity index (χ1v) is 8.57. The summed E-state index contributed by atoms with van der Waals surface area (Å²) in [6, 6.07) is 4.25. The van der Waals surface area contributed by atoms with Gasteiger partial charge in [-0.2, -0.15) is 0 Å². The zero-order valence-corrected chi connectivity index (χ0v) is 14.6. The van der Waals surface area contributed by atoms with Crippen LogP contribution in [0.25, 0.3) is 5.57 Å². The third-order valence-corrected chi connectivity index (χ3v) is 4.72. The Kier molecular flexibility index (Phi) is 4.97. The third kappa shape index (κ3) is 3.07. The Morgan fingerprint density at radius 1 is 1.25 bits per heavy atom. The molecule has 24 heavy (non-hydrogen) atoms. The summed E-state index contributed by atoms with van der Waals surface area (Å²) in [7, 11) is 3.31. The largest absolute Gasteiger partial charge is 0.497 e. The summed E-state index contributed by atoms with van der Waals surface area (Å²) in [5.74, 6) is 1.31. The monoisotopic (exact) mass is 331 g/mol. The summed E-state index contributed by atoms with van der Waals surface area (Å²) in [6.07, 6.45) is 5.98. The summed E-state index contributed by atoms with van der Waals surface area (Å²) < 4.78 is 16.2. The Hall–Kier alpha value is -2.17. The van der Waals surface area contributed by atoms with Crippen LogP contribution < -0.4 is 14.4 Å². The molecule has 0 radical (unpaired) electrons. The number of benzene rings is 1. The number of nitrogens with zero attached hydrogens (tertiary/aromatic N) is 1. The van der Waals surface area contributed by atoms with Crippen molar-refractivity contribution in [1.29, 1.82) is 0 Å². The SMILES string of the molecule is CCOC(=O)CC1=CC2CCCCN2c2cc(OC)cc(OC)c21. The van der Waals surface area contributed by atoms with E-state index < -0.39 is 0 Å². The Labute approximate surface area is 143 Å². The highest BCUT2D eigenvalue weighted by molar-refractivity contribution is 5.93. The summed E-state index contributed by atoms with van der Waals surface area (Å²) >= 11 is 0. The number of rotatable bonds is 5. The quantitative estimate of drug-likeness (QED) is 0.774. The predicted octanol–water partition coefficient (Wildman–Crippen LogP) is 3.41. The predicted molar refractivity (Wildman–Crippen MR) is 93.8 cm³/mol. The van der Waals surface area contributed by atoms with E-state index in [0.29, 0.717) is 12.6 Å². The minimum Gasteiger partial charge on any atom is -0.497 e. The van der Waals surface area contributed by atoms with E-state index in [0.717, 1.165) is 41.3 Å². The van der Waals surface area contributed by atoms with Gasteiger partial charge in [-0.25, -0.2) is 0 Å². The molecule has 0 aromatic heterocycles. The second-order valence-electron chi connectivity index (χ2n) is 6.15. The molecule has 0 N–H and O–H groups in total. The number of carbonyl (C=O) groups is 1. The molecule has 1 atom stereocenters. The van der Waals surface area contributed by atoms with Crippen molar-refractivity contribution in [1.82, 2.24) is 0 Å². The Morgan fingerprint density at radius 3 is 2.79 bits per heavy atom. The first-order valence-electron chi connectivity index (χ1n) is 8.57. The molecule has 0 bridgehead atoms. The maximum atomic E-state index is 12.1. The van der Waals surface area contributed by atoms with Crippen molar-refractivity contribution in [2.24, 2.45) is 0 Å². The molecule has 1 saturated heterocycles. The molecule has 1 aromatic rings. The van der Waals surface area contributed by atoms with E-state index in [1.807, 2.05) is 19.1 Å². The van der Waals surface area contributed by atoms with Gasteiger partial charge < -0.3 is 19.1 Å². The van der Waals surface area contributed by atoms with Crippen LogP contribution in [-0.2, 0) is 9.53 Å². The van der Waals surface area contributed by atoms with Crippen molar-refractivity contribution in [2.75, 3.05) is 32.3 Å². The molecular formula is C19H25NO4. The number of piperidine rings is 1. The van der Waals surface area contributed by atoms with Gasteiger partial charge in [0.1, 0.15) is 11.5 Å². The molecule has 0 amide bonds. The summed E-state index contributed by atoms with van der Waals surface area (Å²) in [6.45, 7) is 3.24. The first-order chi connectivity index (χ1) is 11.7. The molecule has 2 aliphatic rings. The van der Waals surface area contributed by atoms with Gasteiger partial charge in [-0.1, -0.05) is 6.08 Å². The molecular weight excluding hydrogens is 306 g/mol. The van der Waals surface area contributed by atoms with Gasteiger partial charge in [0.05, 0.1) is 32.9 Å². The fraction of sp³-hybridized carbons (Fsp3) is 0.526. The molecule has 130 valence electrons. The number of hydrogen-bond acceptors (Lipinski definition) is 5. The molecule has 2 heterocycles. The van der Waals surface area contributed by atoms with Gasteiger partial charge in [0.25, 0.3) is 0 Å². The van der Waals surface area contributed by atoms with Crippen molar-refractivity contribution in [2.45, 2.75) is 38.6 Å². The van der Waals surface area contributed by atoms with Gasteiger partial charge >= 0.3 is 5.97 Å². The van der Waals surface area contributed by atoms with Gasteiger partial charge in [-0.3, -0.25) is 4.79 Å². The van der Waals surface area contributed by atoms with E-state index in [9.17, 15) is 4.79 Å². The minimum atomic E-state index is -0.197. The van der Waals surface area contributed by atoms with E-state index in [2.05, 4.69) is 11.0 Å². The van der Waals surface area contributed by atoms with E-state index in [1.165, 1.54) is 12.8 Å². The van der Waals surface area contributed by atoms with Crippen LogP contribution in [0.15, 0.2) is 18.2 Å². The molecule has 3 rings (SSSR count). The minimum absolute atomic E-state index is 0.197. The molecule has 0 spiro atoms. The lowest BCUT2D eigenvalue weighted by atomic mass is 9.88. The highest BCUT2D eigenvalue weighted by Gasteiger charge is 2.32. The number of esters is 1. The topological polar surface area (TPSA) is 48.0 Å². The molecule has 5 nitrogen and oxygen atoms in total. The number of ether oxygens (including phenoxy) is 3. The van der Waals surface area contributed by atoms with Crippen molar-refractivity contribution in [3.05, 3.63) is 23.8 Å². The number of anilines is 1. The van der Waals surface area contributed by atoms with Crippen LogP contribution in [0.4, 0.5) is 5.69 Å². The third-order valence-electron chi connectivity index (χ3n) is 4.72. The zero-order chi connectivity index (χ0) is 17.1. The Balaban J connectivity index is 2.07. The van der Waals surface area contributed by atoms with Crippen molar-refractivity contribution in [3.63, 3.8) is 0 Å². The summed E-state index contributed by atoms with van der Waals surface area (Å²) in [5, 5.41) is 0. The Bertz CT molecular complexity index is 653. The first kappa shape index (κ1) is 16.7. The van der Waals surface area contributed by atoms with Gasteiger partial charge in [-0.15, -0.1) is 0 Å². The second kappa shape index (κ2) is 7.16. The highest BCUT2D eigenvalue weighted by Crippen LogP contribution is 2.46. The Morgan fingerprint density at radius 2 is 2.08 bits per heavy atom. The lowest BCUT2D eigenvalue weighted by Gasteiger charge is -2.41. The molecule has 0 aliphatic carbocycles. The second-order valence-corrected chi connectivity index (χ2v) is 6.15. The highest BCUT2D eigenvalue weighted by atomic mass is 16.5. The van der Waals surface area contributed by atoms with Crippen molar-refractivity contribution >= 4 is 17.2 Å². The zero-order valence-electron chi connectivity index (χ0n) is 14.6. The lowest BCUT2D eigenvalue weighted by molar-refractivity contribution is -0.141. The van der Waals surface area contributed by atoms with Crippen molar-refractivity contribution < 1.29 is 19.0 Å². The van der Waals surface area contributed by atoms with E-state index in [-0.39, 0.29) is 12.4 Å². The molecule has 1 fully saturated rings. The van der Waals surface area contributed by atoms with Gasteiger partial charge in [-0.05, 0) is 31.8 Å². The van der Waals surface area contributed by atoms with Crippen LogP contribution >= 0.6 is 0 Å². The summed E-state index contributed by atoms with van der Waals surface area (Å²) in [5.41, 5.74) is 3.08. The van der Waals surface area contributed by atoms with Crippen LogP contribution in [0, 0.1) is 0 Å². The van der Waals surface area contributed by atoms with E-state index in [4.69, 9.17) is 14.2 Å². The molecule has 0 saturated carbocycles. The van der Waals surface area contributed by atoms with E-state index in [1.54, 1.807) is 14.2 Å². The van der Waals surface area contributed by atoms with Crippen LogP contribution in [0.5, 0.6) is 11.5 Å². The average Bonchev–Trinajstić information content (AvgIpc) is 2.60.